The van der Waals surface area contributed by atoms with Gasteiger partial charge in [-0.15, -0.1) is 0 Å². The van der Waals surface area contributed by atoms with Gasteiger partial charge in [0.25, 0.3) is 0 Å². The molecule has 0 spiro atoms. The van der Waals surface area contributed by atoms with E-state index in [9.17, 15) is 14.4 Å². The van der Waals surface area contributed by atoms with Crippen LogP contribution in [0.25, 0.3) is 10.9 Å². The molecule has 34 heavy (non-hydrogen) atoms. The highest BCUT2D eigenvalue weighted by atomic mass is 16.6. The molecule has 180 valence electrons. The Labute approximate surface area is 198 Å². The molecule has 0 aliphatic rings. The third-order valence-corrected chi connectivity index (χ3v) is 4.82. The van der Waals surface area contributed by atoms with Gasteiger partial charge in [-0.1, -0.05) is 48.5 Å². The number of nitrogens with zero attached hydrogens (tertiary/aromatic N) is 2. The summed E-state index contributed by atoms with van der Waals surface area (Å²) in [5, 5.41) is 7.84. The predicted octanol–water partition coefficient (Wildman–Crippen LogP) is 3.39. The van der Waals surface area contributed by atoms with E-state index in [1.54, 1.807) is 20.8 Å². The number of fused-ring (bicyclic) bond motifs is 1. The molecule has 1 atom stereocenters. The average Bonchev–Trinajstić information content (AvgIpc) is 3.13. The molecule has 3 aromatic rings. The van der Waals surface area contributed by atoms with Crippen LogP contribution in [-0.4, -0.2) is 46.6 Å². The summed E-state index contributed by atoms with van der Waals surface area (Å²) in [6.07, 6.45) is -0.702. The quantitative estimate of drug-likeness (QED) is 0.400. The van der Waals surface area contributed by atoms with Gasteiger partial charge in [0.05, 0.1) is 18.3 Å². The number of nitrogens with one attached hydrogen (secondary N) is 1. The molecule has 3 rings (SSSR count). The van der Waals surface area contributed by atoms with E-state index in [-0.39, 0.29) is 19.6 Å². The maximum atomic E-state index is 12.4. The lowest BCUT2D eigenvalue weighted by atomic mass is 10.1. The fourth-order valence-corrected chi connectivity index (χ4v) is 3.40. The van der Waals surface area contributed by atoms with Crippen LogP contribution >= 0.6 is 0 Å². The van der Waals surface area contributed by atoms with Gasteiger partial charge < -0.3 is 19.5 Å². The van der Waals surface area contributed by atoms with Gasteiger partial charge in [-0.3, -0.25) is 9.48 Å². The van der Waals surface area contributed by atoms with Crippen molar-refractivity contribution in [3.8, 4) is 0 Å². The van der Waals surface area contributed by atoms with Gasteiger partial charge in [-0.05, 0) is 32.4 Å². The number of methoxy groups -OCH3 is 1. The van der Waals surface area contributed by atoms with Crippen LogP contribution in [-0.2, 0) is 43.4 Å². The van der Waals surface area contributed by atoms with Crippen LogP contribution in [0.5, 0.6) is 0 Å². The predicted molar refractivity (Wildman–Crippen MR) is 125 cm³/mol. The van der Waals surface area contributed by atoms with Crippen LogP contribution in [0.15, 0.2) is 54.6 Å². The summed E-state index contributed by atoms with van der Waals surface area (Å²) in [6, 6.07) is 15.5. The standard InChI is InChI=1S/C25H29N3O6/c1-25(2,3)34-22(29)15-28-21-13-9-8-12-18(21)19(27-28)14-20(23(30)32-4)26-24(31)33-16-17-10-6-5-7-11-17/h5-13,20H,14-16H2,1-4H3,(H,26,31). The molecule has 1 N–H and O–H groups in total. The second-order valence-electron chi connectivity index (χ2n) is 8.69. The summed E-state index contributed by atoms with van der Waals surface area (Å²) in [7, 11) is 1.24. The zero-order valence-electron chi connectivity index (χ0n) is 19.7. The summed E-state index contributed by atoms with van der Waals surface area (Å²) in [5.74, 6) is -1.07. The van der Waals surface area contributed by atoms with Crippen LogP contribution in [0.4, 0.5) is 4.79 Å². The van der Waals surface area contributed by atoms with E-state index < -0.39 is 29.7 Å². The zero-order valence-corrected chi connectivity index (χ0v) is 19.7. The fourth-order valence-electron chi connectivity index (χ4n) is 3.40. The number of hydrogen-bond acceptors (Lipinski definition) is 7. The first-order valence-electron chi connectivity index (χ1n) is 10.9. The van der Waals surface area contributed by atoms with Crippen molar-refractivity contribution in [1.29, 1.82) is 0 Å². The number of benzene rings is 2. The van der Waals surface area contributed by atoms with E-state index in [4.69, 9.17) is 14.2 Å². The molecule has 0 bridgehead atoms. The van der Waals surface area contributed by atoms with E-state index in [0.717, 1.165) is 10.9 Å². The number of hydrogen-bond donors (Lipinski definition) is 1. The molecule has 1 unspecified atom stereocenters. The van der Waals surface area contributed by atoms with Gasteiger partial charge in [0.2, 0.25) is 0 Å². The topological polar surface area (TPSA) is 109 Å². The smallest absolute Gasteiger partial charge is 0.408 e. The molecule has 1 aromatic heterocycles. The Hall–Kier alpha value is -3.88. The lowest BCUT2D eigenvalue weighted by Crippen LogP contribution is -2.43. The highest BCUT2D eigenvalue weighted by Gasteiger charge is 2.26. The molecule has 9 heteroatoms. The highest BCUT2D eigenvalue weighted by molar-refractivity contribution is 5.86. The Morgan fingerprint density at radius 1 is 1.03 bits per heavy atom. The molecule has 0 fully saturated rings. The van der Waals surface area contributed by atoms with Crippen molar-refractivity contribution in [3.05, 3.63) is 65.9 Å². The molecule has 0 saturated carbocycles. The molecular weight excluding hydrogens is 438 g/mol. The Balaban J connectivity index is 1.76. The third kappa shape index (κ3) is 6.81. The Bertz CT molecular complexity index is 1150. The van der Waals surface area contributed by atoms with E-state index in [1.807, 2.05) is 54.6 Å². The molecule has 1 amide bonds. The molecule has 0 saturated heterocycles. The van der Waals surface area contributed by atoms with Crippen molar-refractivity contribution >= 4 is 28.9 Å². The van der Waals surface area contributed by atoms with Crippen molar-refractivity contribution in [2.45, 2.75) is 52.0 Å². The van der Waals surface area contributed by atoms with Gasteiger partial charge in [0, 0.05) is 11.8 Å². The second-order valence-corrected chi connectivity index (χ2v) is 8.69. The molecule has 0 aliphatic heterocycles. The lowest BCUT2D eigenvalue weighted by molar-refractivity contribution is -0.155. The van der Waals surface area contributed by atoms with Gasteiger partial charge in [-0.25, -0.2) is 9.59 Å². The first-order chi connectivity index (χ1) is 16.2. The highest BCUT2D eigenvalue weighted by Crippen LogP contribution is 2.21. The summed E-state index contributed by atoms with van der Waals surface area (Å²) in [6.45, 7) is 5.35. The summed E-state index contributed by atoms with van der Waals surface area (Å²) >= 11 is 0. The van der Waals surface area contributed by atoms with Crippen LogP contribution in [0, 0.1) is 0 Å². The van der Waals surface area contributed by atoms with E-state index in [2.05, 4.69) is 10.4 Å². The number of amides is 1. The summed E-state index contributed by atoms with van der Waals surface area (Å²) in [4.78, 5) is 37.1. The fraction of sp³-hybridized carbons (Fsp3) is 0.360. The van der Waals surface area contributed by atoms with Crippen LogP contribution in [0.3, 0.4) is 0 Å². The maximum Gasteiger partial charge on any atom is 0.408 e. The number of esters is 2. The first-order valence-corrected chi connectivity index (χ1v) is 10.9. The number of carbonyl (C=O) groups is 3. The van der Waals surface area contributed by atoms with Gasteiger partial charge in [0.1, 0.15) is 24.8 Å². The lowest BCUT2D eigenvalue weighted by Gasteiger charge is -2.19. The van der Waals surface area contributed by atoms with Crippen molar-refractivity contribution in [2.75, 3.05) is 7.11 Å². The van der Waals surface area contributed by atoms with Gasteiger partial charge in [0.15, 0.2) is 0 Å². The number of alkyl carbamates (subject to hydrolysis) is 1. The normalized spacial score (nSPS) is 12.1. The molecule has 2 aromatic carbocycles. The number of ether oxygens (including phenoxy) is 3. The third-order valence-electron chi connectivity index (χ3n) is 4.82. The minimum atomic E-state index is -1.03. The van der Waals surface area contributed by atoms with Crippen molar-refractivity contribution in [3.63, 3.8) is 0 Å². The second kappa shape index (κ2) is 10.8. The van der Waals surface area contributed by atoms with E-state index in [0.29, 0.717) is 11.2 Å². The van der Waals surface area contributed by atoms with Crippen LogP contribution in [0.2, 0.25) is 0 Å². The van der Waals surface area contributed by atoms with Crippen molar-refractivity contribution < 1.29 is 28.6 Å². The molecular formula is C25H29N3O6. The number of carbonyl (C=O) groups excluding carboxylic acids is 3. The summed E-state index contributed by atoms with van der Waals surface area (Å²) in [5.41, 5.74) is 1.43. The Morgan fingerprint density at radius 2 is 1.71 bits per heavy atom. The number of para-hydroxylation sites is 1. The van der Waals surface area contributed by atoms with Crippen LogP contribution < -0.4 is 5.32 Å². The Kier molecular flexibility index (Phi) is 7.88. The molecule has 0 aliphatic carbocycles. The minimum Gasteiger partial charge on any atom is -0.467 e. The van der Waals surface area contributed by atoms with Crippen LogP contribution in [0.1, 0.15) is 32.0 Å². The summed E-state index contributed by atoms with van der Waals surface area (Å²) < 4.78 is 17.0. The Morgan fingerprint density at radius 3 is 2.38 bits per heavy atom. The monoisotopic (exact) mass is 467 g/mol. The largest absolute Gasteiger partial charge is 0.467 e. The molecule has 9 nitrogen and oxygen atoms in total. The van der Waals surface area contributed by atoms with Gasteiger partial charge in [-0.2, -0.15) is 5.10 Å². The van der Waals surface area contributed by atoms with Gasteiger partial charge >= 0.3 is 18.0 Å². The SMILES string of the molecule is COC(=O)C(Cc1nn(CC(=O)OC(C)(C)C)c2ccccc12)NC(=O)OCc1ccccc1. The first kappa shape index (κ1) is 24.8. The van der Waals surface area contributed by atoms with Crippen molar-refractivity contribution in [1.82, 2.24) is 15.1 Å². The number of rotatable bonds is 8. The molecule has 1 heterocycles. The van der Waals surface area contributed by atoms with Crippen molar-refractivity contribution in [2.24, 2.45) is 0 Å². The van der Waals surface area contributed by atoms with E-state index in [1.165, 1.54) is 11.8 Å². The molecule has 0 radical (unpaired) electrons. The average molecular weight is 468 g/mol. The maximum absolute atomic E-state index is 12.4. The minimum absolute atomic E-state index is 0.0505. The number of aromatic nitrogens is 2. The zero-order chi connectivity index (χ0) is 24.7. The van der Waals surface area contributed by atoms with E-state index >= 15 is 0 Å².